The second-order valence-corrected chi connectivity index (χ2v) is 9.85. The summed E-state index contributed by atoms with van der Waals surface area (Å²) in [6.07, 6.45) is 5.37. The summed E-state index contributed by atoms with van der Waals surface area (Å²) >= 11 is 0. The van der Waals surface area contributed by atoms with Crippen LogP contribution in [0, 0.1) is 18.3 Å². The number of aromatic nitrogens is 5. The number of fused-ring (bicyclic) bond motifs is 3. The minimum absolute atomic E-state index is 0.211. The van der Waals surface area contributed by atoms with Gasteiger partial charge >= 0.3 is 5.69 Å². The van der Waals surface area contributed by atoms with Crippen LogP contribution < -0.4 is 11.2 Å². The molecule has 0 saturated heterocycles. The van der Waals surface area contributed by atoms with Crippen molar-refractivity contribution in [3.05, 3.63) is 44.9 Å². The third kappa shape index (κ3) is 3.07. The van der Waals surface area contributed by atoms with Gasteiger partial charge in [0.25, 0.3) is 5.56 Å². The highest BCUT2D eigenvalue weighted by atomic mass is 16.2. The summed E-state index contributed by atoms with van der Waals surface area (Å²) in [6.45, 7) is 14.9. The van der Waals surface area contributed by atoms with Gasteiger partial charge in [-0.05, 0) is 44.4 Å². The van der Waals surface area contributed by atoms with Crippen molar-refractivity contribution in [2.75, 3.05) is 0 Å². The number of nitrogens with zero attached hydrogens (tertiary/aromatic N) is 5. The zero-order valence-corrected chi connectivity index (χ0v) is 18.3. The molecule has 156 valence electrons. The van der Waals surface area contributed by atoms with Crippen molar-refractivity contribution >= 4 is 16.9 Å². The molecule has 1 aliphatic carbocycles. The number of rotatable bonds is 3. The van der Waals surface area contributed by atoms with Crippen molar-refractivity contribution in [2.45, 2.75) is 66.5 Å². The molecule has 1 saturated carbocycles. The van der Waals surface area contributed by atoms with Gasteiger partial charge in [0.2, 0.25) is 5.78 Å². The molecule has 0 amide bonds. The van der Waals surface area contributed by atoms with E-state index in [1.807, 2.05) is 17.5 Å². The van der Waals surface area contributed by atoms with Gasteiger partial charge in [0, 0.05) is 25.0 Å². The van der Waals surface area contributed by atoms with Crippen molar-refractivity contribution < 1.29 is 0 Å². The molecular weight excluding hydrogens is 366 g/mol. The van der Waals surface area contributed by atoms with E-state index < -0.39 is 0 Å². The summed E-state index contributed by atoms with van der Waals surface area (Å²) in [4.78, 5) is 30.7. The molecule has 29 heavy (non-hydrogen) atoms. The van der Waals surface area contributed by atoms with Crippen LogP contribution >= 0.6 is 0 Å². The first-order valence-electron chi connectivity index (χ1n) is 10.3. The van der Waals surface area contributed by atoms with Gasteiger partial charge in [-0.3, -0.25) is 18.3 Å². The van der Waals surface area contributed by atoms with Crippen molar-refractivity contribution in [1.29, 1.82) is 0 Å². The van der Waals surface area contributed by atoms with Crippen LogP contribution in [-0.2, 0) is 13.6 Å². The first kappa shape index (κ1) is 19.7. The van der Waals surface area contributed by atoms with Gasteiger partial charge < -0.3 is 4.57 Å². The molecule has 0 aliphatic heterocycles. The van der Waals surface area contributed by atoms with Crippen LogP contribution in [0.1, 0.15) is 58.7 Å². The average molecular weight is 398 g/mol. The van der Waals surface area contributed by atoms with Gasteiger partial charge in [0.05, 0.1) is 6.54 Å². The maximum absolute atomic E-state index is 13.2. The Hall–Kier alpha value is -2.57. The largest absolute Gasteiger partial charge is 0.332 e. The Morgan fingerprint density at radius 1 is 1.31 bits per heavy atom. The van der Waals surface area contributed by atoms with Crippen LogP contribution in [0.2, 0.25) is 0 Å². The summed E-state index contributed by atoms with van der Waals surface area (Å²) in [7, 11) is 1.68. The Labute approximate surface area is 170 Å². The summed E-state index contributed by atoms with van der Waals surface area (Å²) in [5.41, 5.74) is 2.33. The molecule has 7 heteroatoms. The highest BCUT2D eigenvalue weighted by Crippen LogP contribution is 2.44. The zero-order valence-electron chi connectivity index (χ0n) is 18.3. The Morgan fingerprint density at radius 2 is 2.00 bits per heavy atom. The Bertz CT molecular complexity index is 1250. The van der Waals surface area contributed by atoms with Crippen LogP contribution in [-0.4, -0.2) is 23.1 Å². The number of hydrogen-bond acceptors (Lipinski definition) is 3. The maximum atomic E-state index is 13.2. The van der Waals surface area contributed by atoms with E-state index in [9.17, 15) is 9.59 Å². The van der Waals surface area contributed by atoms with Gasteiger partial charge in [-0.2, -0.15) is 4.98 Å². The summed E-state index contributed by atoms with van der Waals surface area (Å²) in [6, 6.07) is 0.331. The lowest BCUT2D eigenvalue weighted by Crippen LogP contribution is -2.39. The summed E-state index contributed by atoms with van der Waals surface area (Å²) in [5.74, 6) is 1.37. The molecule has 0 unspecified atom stereocenters. The molecule has 0 bridgehead atoms. The van der Waals surface area contributed by atoms with Crippen molar-refractivity contribution in [3.63, 3.8) is 0 Å². The minimum Gasteiger partial charge on any atom is -0.311 e. The Morgan fingerprint density at radius 3 is 2.62 bits per heavy atom. The molecule has 0 N–H and O–H groups in total. The van der Waals surface area contributed by atoms with E-state index >= 15 is 0 Å². The van der Waals surface area contributed by atoms with Gasteiger partial charge in [-0.25, -0.2) is 4.79 Å². The molecule has 3 heterocycles. The molecule has 4 rings (SSSR count). The lowest BCUT2D eigenvalue weighted by molar-refractivity contribution is 0.138. The third-order valence-electron chi connectivity index (χ3n) is 6.23. The van der Waals surface area contributed by atoms with Crippen LogP contribution in [0.5, 0.6) is 0 Å². The topological polar surface area (TPSA) is 66.2 Å². The quantitative estimate of drug-likeness (QED) is 0.636. The smallest absolute Gasteiger partial charge is 0.311 e. The monoisotopic (exact) mass is 397 g/mol. The van der Waals surface area contributed by atoms with E-state index in [2.05, 4.69) is 38.8 Å². The lowest BCUT2D eigenvalue weighted by atomic mass is 9.70. The molecule has 0 radical (unpaired) electrons. The lowest BCUT2D eigenvalue weighted by Gasteiger charge is -2.39. The van der Waals surface area contributed by atoms with Crippen molar-refractivity contribution in [3.8, 4) is 0 Å². The van der Waals surface area contributed by atoms with E-state index in [0.29, 0.717) is 23.1 Å². The Kier molecular flexibility index (Phi) is 4.40. The second-order valence-electron chi connectivity index (χ2n) is 9.85. The molecule has 3 aromatic heterocycles. The van der Waals surface area contributed by atoms with Gasteiger partial charge in [0.1, 0.15) is 0 Å². The van der Waals surface area contributed by atoms with E-state index in [-0.39, 0.29) is 23.2 Å². The van der Waals surface area contributed by atoms with E-state index in [1.54, 1.807) is 7.05 Å². The summed E-state index contributed by atoms with van der Waals surface area (Å²) < 4.78 is 6.86. The minimum atomic E-state index is -0.359. The SMILES string of the molecule is C=C(C)Cn1c(=O)c2c(nc3n([C@@H]4C[C@H](C)CC(C)(C)C4)c(C)cn23)n(C)c1=O. The molecule has 2 atom stereocenters. The molecule has 0 spiro atoms. The zero-order chi connectivity index (χ0) is 21.2. The highest BCUT2D eigenvalue weighted by molar-refractivity contribution is 5.75. The van der Waals surface area contributed by atoms with Gasteiger partial charge in [0.15, 0.2) is 11.2 Å². The van der Waals surface area contributed by atoms with Crippen LogP contribution in [0.25, 0.3) is 16.9 Å². The maximum Gasteiger partial charge on any atom is 0.332 e. The van der Waals surface area contributed by atoms with Gasteiger partial charge in [-0.1, -0.05) is 32.9 Å². The van der Waals surface area contributed by atoms with E-state index in [0.717, 1.165) is 29.9 Å². The number of hydrogen-bond donors (Lipinski definition) is 0. The molecule has 1 aliphatic rings. The predicted molar refractivity (Wildman–Crippen MR) is 116 cm³/mol. The molecular formula is C22H31N5O2. The van der Waals surface area contributed by atoms with Crippen molar-refractivity contribution in [2.24, 2.45) is 18.4 Å². The normalized spacial score (nSPS) is 21.9. The average Bonchev–Trinajstić information content (AvgIpc) is 3.09. The number of imidazole rings is 2. The van der Waals surface area contributed by atoms with Gasteiger partial charge in [-0.15, -0.1) is 0 Å². The van der Waals surface area contributed by atoms with Crippen LogP contribution in [0.3, 0.4) is 0 Å². The van der Waals surface area contributed by atoms with E-state index in [4.69, 9.17) is 4.98 Å². The van der Waals surface area contributed by atoms with Crippen molar-refractivity contribution in [1.82, 2.24) is 23.1 Å². The number of allylic oxidation sites excluding steroid dienone is 1. The fourth-order valence-electron chi connectivity index (χ4n) is 5.38. The highest BCUT2D eigenvalue weighted by Gasteiger charge is 2.34. The predicted octanol–water partition coefficient (Wildman–Crippen LogP) is 3.42. The molecule has 7 nitrogen and oxygen atoms in total. The van der Waals surface area contributed by atoms with E-state index in [1.165, 1.54) is 15.6 Å². The molecule has 1 fully saturated rings. The van der Waals surface area contributed by atoms with Crippen LogP contribution in [0.15, 0.2) is 27.9 Å². The molecule has 3 aromatic rings. The first-order valence-corrected chi connectivity index (χ1v) is 10.3. The van der Waals surface area contributed by atoms with Crippen LogP contribution in [0.4, 0.5) is 0 Å². The summed E-state index contributed by atoms with van der Waals surface area (Å²) in [5, 5.41) is 0. The number of aryl methyl sites for hydroxylation is 2. The Balaban J connectivity index is 2.00. The fourth-order valence-corrected chi connectivity index (χ4v) is 5.38. The fraction of sp³-hybridized carbons (Fsp3) is 0.591. The standard InChI is InChI=1S/C22H31N5O2/c1-13(2)11-26-19(28)17-18(24(7)21(26)29)23-20-25(17)12-15(4)27(20)16-8-14(3)9-22(5,6)10-16/h12,14,16H,1,8-11H2,2-7H3/t14-,16+/m0/s1. The molecule has 0 aromatic carbocycles. The second kappa shape index (κ2) is 6.47. The third-order valence-corrected chi connectivity index (χ3v) is 6.23. The first-order chi connectivity index (χ1) is 13.5.